The highest BCUT2D eigenvalue weighted by atomic mass is 16.3. The van der Waals surface area contributed by atoms with E-state index in [-0.39, 0.29) is 5.92 Å². The summed E-state index contributed by atoms with van der Waals surface area (Å²) >= 11 is 0. The number of hydrogen-bond acceptors (Lipinski definition) is 2. The molecular formula is C49H33BN2O. The fraction of sp³-hybridized carbons (Fsp3) is 0.0204. The molecule has 1 aliphatic heterocycles. The Hall–Kier alpha value is -6.78. The molecule has 248 valence electrons. The van der Waals surface area contributed by atoms with Crippen molar-refractivity contribution in [1.82, 2.24) is 4.57 Å². The lowest BCUT2D eigenvalue weighted by Crippen LogP contribution is -2.37. The number of nitrogens with one attached hydrogen (secondary N) is 1. The van der Waals surface area contributed by atoms with Crippen molar-refractivity contribution >= 4 is 73.3 Å². The number of anilines is 2. The summed E-state index contributed by atoms with van der Waals surface area (Å²) < 4.78 is 9.03. The molecule has 2 aromatic heterocycles. The SMILES string of the molecule is B1c2cc3oc4ccccc4c3cc2-n2c3ccccc3c3c(C(c4ccccc4)c4ccccc4)cc(-c4ccccc4Nc4ccccc4)c1c32. The zero-order chi connectivity index (χ0) is 34.9. The molecule has 3 nitrogen and oxygen atoms in total. The second-order valence-electron chi connectivity index (χ2n) is 14.1. The zero-order valence-corrected chi connectivity index (χ0v) is 29.0. The topological polar surface area (TPSA) is 30.1 Å². The number of aromatic nitrogens is 1. The van der Waals surface area contributed by atoms with Gasteiger partial charge in [-0.3, -0.25) is 0 Å². The lowest BCUT2D eigenvalue weighted by Gasteiger charge is -2.27. The van der Waals surface area contributed by atoms with E-state index in [2.05, 4.69) is 186 Å². The summed E-state index contributed by atoms with van der Waals surface area (Å²) in [5.41, 5.74) is 16.6. The highest BCUT2D eigenvalue weighted by Crippen LogP contribution is 2.45. The first-order chi connectivity index (χ1) is 26.3. The molecule has 0 amide bonds. The first-order valence-corrected chi connectivity index (χ1v) is 18.3. The molecule has 0 spiro atoms. The molecule has 0 bridgehead atoms. The van der Waals surface area contributed by atoms with Crippen LogP contribution in [0.15, 0.2) is 186 Å². The summed E-state index contributed by atoms with van der Waals surface area (Å²) in [6, 6.07) is 65.8. The second kappa shape index (κ2) is 11.9. The van der Waals surface area contributed by atoms with E-state index in [1.54, 1.807) is 0 Å². The third-order valence-electron chi connectivity index (χ3n) is 11.1. The van der Waals surface area contributed by atoms with Gasteiger partial charge in [0, 0.05) is 55.6 Å². The summed E-state index contributed by atoms with van der Waals surface area (Å²) in [6.45, 7) is 0. The Morgan fingerprint density at radius 3 is 1.94 bits per heavy atom. The molecule has 0 radical (unpaired) electrons. The number of benzene rings is 8. The fourth-order valence-corrected chi connectivity index (χ4v) is 8.85. The molecule has 0 unspecified atom stereocenters. The van der Waals surface area contributed by atoms with Crippen LogP contribution >= 0.6 is 0 Å². The van der Waals surface area contributed by atoms with Crippen molar-refractivity contribution < 1.29 is 4.42 Å². The van der Waals surface area contributed by atoms with Gasteiger partial charge in [0.2, 0.25) is 0 Å². The minimum absolute atomic E-state index is 0.0143. The average molecular weight is 677 g/mol. The normalized spacial score (nSPS) is 12.1. The molecule has 3 heterocycles. The molecule has 1 aliphatic rings. The maximum Gasteiger partial charge on any atom is 0.198 e. The Bertz CT molecular complexity index is 2960. The average Bonchev–Trinajstić information content (AvgIpc) is 3.76. The van der Waals surface area contributed by atoms with E-state index in [1.165, 1.54) is 66.2 Å². The van der Waals surface area contributed by atoms with Crippen LogP contribution in [0.1, 0.15) is 22.6 Å². The first kappa shape index (κ1) is 29.9. The number of nitrogens with zero attached hydrogens (tertiary/aromatic N) is 1. The number of rotatable bonds is 6. The Labute approximate surface area is 308 Å². The molecule has 0 fully saturated rings. The van der Waals surface area contributed by atoms with E-state index in [1.807, 2.05) is 6.07 Å². The number of hydrogen-bond donors (Lipinski definition) is 1. The van der Waals surface area contributed by atoms with E-state index in [4.69, 9.17) is 4.42 Å². The molecule has 0 saturated heterocycles. The molecule has 0 saturated carbocycles. The minimum Gasteiger partial charge on any atom is -0.456 e. The largest absolute Gasteiger partial charge is 0.456 e. The second-order valence-corrected chi connectivity index (χ2v) is 14.1. The quantitative estimate of drug-likeness (QED) is 0.140. The Balaban J connectivity index is 1.29. The molecular weight excluding hydrogens is 643 g/mol. The van der Waals surface area contributed by atoms with E-state index in [0.717, 1.165) is 40.6 Å². The zero-order valence-electron chi connectivity index (χ0n) is 29.0. The maximum atomic E-state index is 6.48. The predicted molar refractivity (Wildman–Crippen MR) is 223 cm³/mol. The lowest BCUT2D eigenvalue weighted by atomic mass is 9.58. The molecule has 0 atom stereocenters. The molecule has 4 heteroatoms. The first-order valence-electron chi connectivity index (χ1n) is 18.3. The van der Waals surface area contributed by atoms with E-state index >= 15 is 0 Å². The van der Waals surface area contributed by atoms with Gasteiger partial charge in [-0.1, -0.05) is 139 Å². The fourth-order valence-electron chi connectivity index (χ4n) is 8.85. The number of furan rings is 1. The predicted octanol–water partition coefficient (Wildman–Crippen LogP) is 11.0. The molecule has 1 N–H and O–H groups in total. The van der Waals surface area contributed by atoms with E-state index in [9.17, 15) is 0 Å². The van der Waals surface area contributed by atoms with Gasteiger partial charge in [0.05, 0.1) is 5.52 Å². The van der Waals surface area contributed by atoms with Crippen LogP contribution in [-0.2, 0) is 0 Å². The van der Waals surface area contributed by atoms with E-state index in [0.29, 0.717) is 0 Å². The van der Waals surface area contributed by atoms with E-state index < -0.39 is 0 Å². The highest BCUT2D eigenvalue weighted by Gasteiger charge is 2.32. The monoisotopic (exact) mass is 676 g/mol. The summed E-state index contributed by atoms with van der Waals surface area (Å²) in [7, 11) is 0.783. The minimum atomic E-state index is 0.0143. The lowest BCUT2D eigenvalue weighted by molar-refractivity contribution is 0.669. The van der Waals surface area contributed by atoms with Crippen molar-refractivity contribution in [3.05, 3.63) is 199 Å². The van der Waals surface area contributed by atoms with Crippen molar-refractivity contribution in [3.8, 4) is 16.8 Å². The summed E-state index contributed by atoms with van der Waals surface area (Å²) in [4.78, 5) is 0. The van der Waals surface area contributed by atoms with Gasteiger partial charge in [-0.05, 0) is 76.2 Å². The molecule has 11 rings (SSSR count). The number of fused-ring (bicyclic) bond motifs is 8. The number of para-hydroxylation sites is 4. The van der Waals surface area contributed by atoms with Crippen LogP contribution < -0.4 is 16.2 Å². The van der Waals surface area contributed by atoms with Gasteiger partial charge >= 0.3 is 0 Å². The Morgan fingerprint density at radius 1 is 0.528 bits per heavy atom. The smallest absolute Gasteiger partial charge is 0.198 e. The molecule has 8 aromatic carbocycles. The molecule has 10 aromatic rings. The van der Waals surface area contributed by atoms with Gasteiger partial charge in [0.15, 0.2) is 7.28 Å². The van der Waals surface area contributed by atoms with Crippen LogP contribution in [0.4, 0.5) is 11.4 Å². The van der Waals surface area contributed by atoms with Crippen LogP contribution in [-0.4, -0.2) is 11.8 Å². The molecule has 0 aliphatic carbocycles. The van der Waals surface area contributed by atoms with Crippen LogP contribution in [0.2, 0.25) is 0 Å². The van der Waals surface area contributed by atoms with Gasteiger partial charge in [-0.15, -0.1) is 0 Å². The van der Waals surface area contributed by atoms with Gasteiger partial charge in [-0.2, -0.15) is 0 Å². The van der Waals surface area contributed by atoms with Crippen molar-refractivity contribution in [2.75, 3.05) is 5.32 Å². The van der Waals surface area contributed by atoms with Crippen molar-refractivity contribution in [2.45, 2.75) is 5.92 Å². The summed E-state index contributed by atoms with van der Waals surface area (Å²) in [5.74, 6) is 0.0143. The van der Waals surface area contributed by atoms with Gasteiger partial charge in [0.25, 0.3) is 0 Å². The van der Waals surface area contributed by atoms with Gasteiger partial charge in [0.1, 0.15) is 11.2 Å². The van der Waals surface area contributed by atoms with Crippen molar-refractivity contribution in [2.24, 2.45) is 0 Å². The standard InChI is InChI=1S/C49H33BN2O/c1-4-16-31(17-5-1)46(32-18-6-2-7-19-32)39-28-38(34-22-10-13-25-41(34)51-33-20-8-3-9-21-33)48-49-47(39)36-24-11-14-26-42(36)52(49)43-29-37-35-23-12-15-27-44(35)53-45(37)30-40(43)50-48/h1-30,46,50-51H. The van der Waals surface area contributed by atoms with Crippen molar-refractivity contribution in [3.63, 3.8) is 0 Å². The van der Waals surface area contributed by atoms with Crippen LogP contribution in [0.25, 0.3) is 60.6 Å². The van der Waals surface area contributed by atoms with Crippen LogP contribution in [0.5, 0.6) is 0 Å². The maximum absolute atomic E-state index is 6.48. The van der Waals surface area contributed by atoms with Crippen molar-refractivity contribution in [1.29, 1.82) is 0 Å². The van der Waals surface area contributed by atoms with Gasteiger partial charge < -0.3 is 14.3 Å². The summed E-state index contributed by atoms with van der Waals surface area (Å²) in [5, 5.41) is 8.65. The Morgan fingerprint density at radius 2 is 1.17 bits per heavy atom. The molecule has 53 heavy (non-hydrogen) atoms. The Kier molecular flexibility index (Phi) is 6.71. The van der Waals surface area contributed by atoms with Crippen LogP contribution in [0, 0.1) is 0 Å². The van der Waals surface area contributed by atoms with Gasteiger partial charge in [-0.25, -0.2) is 0 Å². The third-order valence-corrected chi connectivity index (χ3v) is 11.1. The van der Waals surface area contributed by atoms with Crippen LogP contribution in [0.3, 0.4) is 0 Å². The summed E-state index contributed by atoms with van der Waals surface area (Å²) in [6.07, 6.45) is 0. The highest BCUT2D eigenvalue weighted by molar-refractivity contribution is 6.73. The third kappa shape index (κ3) is 4.69.